The van der Waals surface area contributed by atoms with Crippen LogP contribution in [0.5, 0.6) is 5.75 Å². The molecule has 1 N–H and O–H groups in total. The highest BCUT2D eigenvalue weighted by Gasteiger charge is 2.18. The topological polar surface area (TPSA) is 124 Å². The molecule has 0 saturated heterocycles. The first-order valence-electron chi connectivity index (χ1n) is 7.32. The Balaban J connectivity index is 1.89. The van der Waals surface area contributed by atoms with Crippen LogP contribution < -0.4 is 11.4 Å². The Labute approximate surface area is 149 Å². The zero-order valence-electron chi connectivity index (χ0n) is 12.9. The molecule has 4 rings (SSSR count). The summed E-state index contributed by atoms with van der Waals surface area (Å²) in [7, 11) is 0. The predicted octanol–water partition coefficient (Wildman–Crippen LogP) is 1.81. The molecule has 0 saturated carbocycles. The van der Waals surface area contributed by atoms with Crippen molar-refractivity contribution in [3.63, 3.8) is 0 Å². The lowest BCUT2D eigenvalue weighted by molar-refractivity contribution is 0.378. The fourth-order valence-corrected chi connectivity index (χ4v) is 2.68. The summed E-state index contributed by atoms with van der Waals surface area (Å²) in [5, 5.41) is 13.9. The average molecular weight is 373 g/mol. The molecule has 4 aromatic rings. The number of benzene rings is 1. The minimum Gasteiger partial charge on any atom is -0.506 e. The van der Waals surface area contributed by atoms with Gasteiger partial charge in [0, 0.05) is 29.9 Å². The molecule has 130 valence electrons. The Bertz CT molecular complexity index is 1230. The van der Waals surface area contributed by atoms with E-state index in [2.05, 4.69) is 15.1 Å². The van der Waals surface area contributed by atoms with Crippen LogP contribution in [0.2, 0.25) is 5.02 Å². The standard InChI is InChI=1S/C16H9ClN4O5/c17-10-5-9-8(4-13(23)25-12(9)6-11(10)22)7-21-15(20-26-16(21)24)14-18-2-1-3-19-14/h1-6,22H,7H2. The van der Waals surface area contributed by atoms with Crippen LogP contribution in [0.3, 0.4) is 0 Å². The molecule has 3 aromatic heterocycles. The Hall–Kier alpha value is -3.46. The van der Waals surface area contributed by atoms with Gasteiger partial charge in [-0.15, -0.1) is 0 Å². The van der Waals surface area contributed by atoms with Gasteiger partial charge >= 0.3 is 11.4 Å². The largest absolute Gasteiger partial charge is 0.506 e. The number of hydrogen-bond donors (Lipinski definition) is 1. The van der Waals surface area contributed by atoms with Crippen LogP contribution >= 0.6 is 11.6 Å². The summed E-state index contributed by atoms with van der Waals surface area (Å²) in [6, 6.07) is 5.53. The van der Waals surface area contributed by atoms with Gasteiger partial charge in [0.1, 0.15) is 11.3 Å². The van der Waals surface area contributed by atoms with Gasteiger partial charge in [0.25, 0.3) is 0 Å². The summed E-state index contributed by atoms with van der Waals surface area (Å²) in [4.78, 5) is 32.0. The smallest absolute Gasteiger partial charge is 0.442 e. The van der Waals surface area contributed by atoms with E-state index in [9.17, 15) is 14.7 Å². The van der Waals surface area contributed by atoms with Gasteiger partial charge in [-0.05, 0) is 17.7 Å². The van der Waals surface area contributed by atoms with Gasteiger partial charge in [0.2, 0.25) is 5.82 Å². The SMILES string of the molecule is O=c1cc(Cn2c(-c3ncccn3)noc2=O)c2cc(Cl)c(O)cc2o1. The van der Waals surface area contributed by atoms with Crippen molar-refractivity contribution in [2.75, 3.05) is 0 Å². The maximum Gasteiger partial charge on any atom is 0.442 e. The Kier molecular flexibility index (Phi) is 3.77. The van der Waals surface area contributed by atoms with Crippen LogP contribution in [0, 0.1) is 0 Å². The van der Waals surface area contributed by atoms with Crippen molar-refractivity contribution in [2.45, 2.75) is 6.54 Å². The first-order chi connectivity index (χ1) is 12.5. The number of phenolic OH excluding ortho intramolecular Hbond substituents is 1. The van der Waals surface area contributed by atoms with E-state index < -0.39 is 11.4 Å². The molecule has 10 heteroatoms. The summed E-state index contributed by atoms with van der Waals surface area (Å²) in [6.45, 7) is -0.0564. The molecule has 0 amide bonds. The van der Waals surface area contributed by atoms with Crippen LogP contribution in [0.4, 0.5) is 0 Å². The van der Waals surface area contributed by atoms with Crippen molar-refractivity contribution >= 4 is 22.6 Å². The van der Waals surface area contributed by atoms with Gasteiger partial charge in [-0.1, -0.05) is 16.8 Å². The molecule has 0 fully saturated rings. The van der Waals surface area contributed by atoms with E-state index in [1.54, 1.807) is 6.07 Å². The highest BCUT2D eigenvalue weighted by molar-refractivity contribution is 6.32. The minimum atomic E-state index is -0.737. The maximum absolute atomic E-state index is 12.1. The van der Waals surface area contributed by atoms with Crippen molar-refractivity contribution in [3.05, 3.63) is 68.2 Å². The molecule has 0 aliphatic heterocycles. The molecule has 26 heavy (non-hydrogen) atoms. The molecular formula is C16H9ClN4O5. The lowest BCUT2D eigenvalue weighted by Gasteiger charge is -2.08. The zero-order valence-corrected chi connectivity index (χ0v) is 13.7. The van der Waals surface area contributed by atoms with E-state index in [4.69, 9.17) is 20.5 Å². The number of nitrogens with zero attached hydrogens (tertiary/aromatic N) is 4. The highest BCUT2D eigenvalue weighted by atomic mass is 35.5. The van der Waals surface area contributed by atoms with Crippen LogP contribution in [0.25, 0.3) is 22.6 Å². The average Bonchev–Trinajstić information content (AvgIpc) is 2.98. The fourth-order valence-electron chi connectivity index (χ4n) is 2.52. The van der Waals surface area contributed by atoms with Gasteiger partial charge in [0.05, 0.1) is 11.6 Å². The van der Waals surface area contributed by atoms with Crippen LogP contribution in [0.15, 0.2) is 55.2 Å². The number of rotatable bonds is 3. The van der Waals surface area contributed by atoms with Crippen molar-refractivity contribution in [3.8, 4) is 17.4 Å². The highest BCUT2D eigenvalue weighted by Crippen LogP contribution is 2.30. The van der Waals surface area contributed by atoms with E-state index in [1.807, 2.05) is 0 Å². The third-order valence-electron chi connectivity index (χ3n) is 3.68. The van der Waals surface area contributed by atoms with E-state index in [1.165, 1.54) is 35.2 Å². The van der Waals surface area contributed by atoms with E-state index in [0.29, 0.717) is 10.9 Å². The second kappa shape index (κ2) is 6.12. The molecule has 0 aliphatic rings. The molecule has 0 atom stereocenters. The molecule has 3 heterocycles. The number of phenols is 1. The number of aromatic nitrogens is 4. The van der Waals surface area contributed by atoms with Gasteiger partial charge in [0.15, 0.2) is 5.82 Å². The Morgan fingerprint density at radius 2 is 1.92 bits per heavy atom. The summed E-state index contributed by atoms with van der Waals surface area (Å²) in [5.41, 5.74) is -0.0757. The van der Waals surface area contributed by atoms with Crippen molar-refractivity contribution in [1.82, 2.24) is 19.7 Å². The molecular weight excluding hydrogens is 364 g/mol. The molecule has 0 bridgehead atoms. The molecule has 0 radical (unpaired) electrons. The van der Waals surface area contributed by atoms with Crippen LogP contribution in [0.1, 0.15) is 5.56 Å². The fraction of sp³-hybridized carbons (Fsp3) is 0.0625. The molecule has 9 nitrogen and oxygen atoms in total. The predicted molar refractivity (Wildman–Crippen MR) is 90.0 cm³/mol. The van der Waals surface area contributed by atoms with Crippen molar-refractivity contribution in [1.29, 1.82) is 0 Å². The first kappa shape index (κ1) is 16.0. The molecule has 0 unspecified atom stereocenters. The summed E-state index contributed by atoms with van der Waals surface area (Å²) >= 11 is 5.95. The lowest BCUT2D eigenvalue weighted by atomic mass is 10.1. The number of fused-ring (bicyclic) bond motifs is 1. The van der Waals surface area contributed by atoms with Gasteiger partial charge in [-0.3, -0.25) is 4.52 Å². The van der Waals surface area contributed by atoms with Gasteiger partial charge in [-0.25, -0.2) is 24.1 Å². The van der Waals surface area contributed by atoms with Crippen LogP contribution in [-0.4, -0.2) is 24.8 Å². The van der Waals surface area contributed by atoms with E-state index in [-0.39, 0.29) is 34.5 Å². The second-order valence-corrected chi connectivity index (χ2v) is 5.73. The third kappa shape index (κ3) is 2.74. The third-order valence-corrected chi connectivity index (χ3v) is 3.98. The number of hydrogen-bond acceptors (Lipinski definition) is 8. The molecule has 0 spiro atoms. The van der Waals surface area contributed by atoms with Crippen molar-refractivity contribution in [2.24, 2.45) is 0 Å². The monoisotopic (exact) mass is 372 g/mol. The maximum atomic E-state index is 12.1. The summed E-state index contributed by atoms with van der Waals surface area (Å²) in [5.74, 6) is -0.651. The molecule has 1 aromatic carbocycles. The zero-order chi connectivity index (χ0) is 18.3. The number of halogens is 1. The summed E-state index contributed by atoms with van der Waals surface area (Å²) in [6.07, 6.45) is 3.00. The van der Waals surface area contributed by atoms with Crippen LogP contribution in [-0.2, 0) is 6.54 Å². The second-order valence-electron chi connectivity index (χ2n) is 5.32. The van der Waals surface area contributed by atoms with E-state index in [0.717, 1.165) is 0 Å². The minimum absolute atomic E-state index is 0.0564. The lowest BCUT2D eigenvalue weighted by Crippen LogP contribution is -2.18. The van der Waals surface area contributed by atoms with E-state index >= 15 is 0 Å². The Morgan fingerprint density at radius 1 is 1.15 bits per heavy atom. The Morgan fingerprint density at radius 3 is 2.69 bits per heavy atom. The van der Waals surface area contributed by atoms with Crippen molar-refractivity contribution < 1.29 is 14.0 Å². The molecule has 0 aliphatic carbocycles. The first-order valence-corrected chi connectivity index (χ1v) is 7.70. The van der Waals surface area contributed by atoms with Gasteiger partial charge in [-0.2, -0.15) is 0 Å². The van der Waals surface area contributed by atoms with Gasteiger partial charge < -0.3 is 9.52 Å². The summed E-state index contributed by atoms with van der Waals surface area (Å²) < 4.78 is 11.0. The quantitative estimate of drug-likeness (QED) is 0.540. The normalized spacial score (nSPS) is 11.1. The number of aromatic hydroxyl groups is 1.